The molecule has 59 heavy (non-hydrogen) atoms. The van der Waals surface area contributed by atoms with Crippen LogP contribution in [0, 0.1) is 0 Å². The maximum atomic E-state index is 13.3. The number of hydrogen-bond donors (Lipinski definition) is 0. The Balaban J connectivity index is 0.941. The smallest absolute Gasteiger partial charge is 0.347 e. The van der Waals surface area contributed by atoms with Crippen LogP contribution < -0.4 is 28.4 Å². The lowest BCUT2D eigenvalue weighted by Crippen LogP contribution is -2.14. The first-order chi connectivity index (χ1) is 29.0. The average molecular weight is 793 g/mol. The van der Waals surface area contributed by atoms with Crippen LogP contribution in [0.3, 0.4) is 0 Å². The molecule has 0 bridgehead atoms. The molecule has 0 aliphatic heterocycles. The average Bonchev–Trinajstić information content (AvgIpc) is 3.27. The number of carbonyl (C=O) groups excluding carboxylic acids is 2. The van der Waals surface area contributed by atoms with Gasteiger partial charge in [0, 0.05) is 0 Å². The Kier molecular flexibility index (Phi) is 15.6. The fraction of sp³-hybridized carbons (Fsp3) is 0.224. The summed E-state index contributed by atoms with van der Waals surface area (Å²) in [5.74, 6) is 1.89. The summed E-state index contributed by atoms with van der Waals surface area (Å²) in [6.45, 7) is 5.80. The van der Waals surface area contributed by atoms with E-state index in [2.05, 4.69) is 22.4 Å². The fourth-order valence-corrected chi connectivity index (χ4v) is 5.99. The van der Waals surface area contributed by atoms with Crippen molar-refractivity contribution >= 4 is 23.3 Å². The Morgan fingerprint density at radius 3 is 1.47 bits per heavy atom. The van der Waals surface area contributed by atoms with Gasteiger partial charge in [0.05, 0.1) is 43.4 Å². The lowest BCUT2D eigenvalue weighted by Gasteiger charge is -2.13. The van der Waals surface area contributed by atoms with Gasteiger partial charge in [-0.2, -0.15) is 10.2 Å². The molecule has 0 radical (unpaired) electrons. The van der Waals surface area contributed by atoms with Crippen LogP contribution in [-0.2, 0) is 0 Å². The third kappa shape index (κ3) is 13.0. The lowest BCUT2D eigenvalue weighted by atomic mass is 10.1. The zero-order valence-electron chi connectivity index (χ0n) is 33.4. The topological polar surface area (TPSA) is 114 Å². The van der Waals surface area contributed by atoms with Crippen LogP contribution in [0.2, 0.25) is 0 Å². The molecule has 0 N–H and O–H groups in total. The molecule has 0 unspecified atom stereocenters. The van der Waals surface area contributed by atoms with Crippen molar-refractivity contribution < 1.29 is 38.0 Å². The summed E-state index contributed by atoms with van der Waals surface area (Å²) in [6, 6.07) is 44.0. The summed E-state index contributed by atoms with van der Waals surface area (Å²) in [4.78, 5) is 26.4. The van der Waals surface area contributed by atoms with E-state index in [9.17, 15) is 9.59 Å². The zero-order chi connectivity index (χ0) is 41.1. The van der Waals surface area contributed by atoms with E-state index >= 15 is 0 Å². The molecular formula is C49H48N2O8. The standard InChI is InChI=1S/C49H48N2O8/c1-3-54-41-24-28-44(29-25-41)58-48(52)38-17-32-46(49(53)59-45-30-26-42(27-31-45)55-4-2)47(35-38)57-34-12-7-5-6-11-33-56-43-22-20-40(21-23-43)51-50-39-18-15-37(16-19-39)36-13-9-8-10-14-36/h8-10,13-32,35H,3-7,11-12,33-34H2,1-2H3. The van der Waals surface area contributed by atoms with Crippen molar-refractivity contribution in [3.63, 3.8) is 0 Å². The van der Waals surface area contributed by atoms with E-state index in [4.69, 9.17) is 28.4 Å². The predicted octanol–water partition coefficient (Wildman–Crippen LogP) is 12.4. The van der Waals surface area contributed by atoms with Crippen molar-refractivity contribution in [1.82, 2.24) is 0 Å². The Bertz CT molecular complexity index is 2240. The highest BCUT2D eigenvalue weighted by molar-refractivity contribution is 5.97. The van der Waals surface area contributed by atoms with Crippen LogP contribution in [-0.4, -0.2) is 38.4 Å². The Hall–Kier alpha value is -6.94. The third-order valence-corrected chi connectivity index (χ3v) is 9.03. The van der Waals surface area contributed by atoms with E-state index < -0.39 is 11.9 Å². The summed E-state index contributed by atoms with van der Waals surface area (Å²) in [6.07, 6.45) is 4.55. The molecule has 0 heterocycles. The number of azo groups is 1. The van der Waals surface area contributed by atoms with Gasteiger partial charge in [0.25, 0.3) is 0 Å². The number of ether oxygens (including phenoxy) is 6. The Morgan fingerprint density at radius 2 is 0.898 bits per heavy atom. The summed E-state index contributed by atoms with van der Waals surface area (Å²) < 4.78 is 34.2. The van der Waals surface area contributed by atoms with E-state index in [-0.39, 0.29) is 16.9 Å². The molecule has 302 valence electrons. The third-order valence-electron chi connectivity index (χ3n) is 9.03. The molecule has 0 atom stereocenters. The molecule has 10 nitrogen and oxygen atoms in total. The van der Waals surface area contributed by atoms with Gasteiger partial charge in [0.1, 0.15) is 40.1 Å². The summed E-state index contributed by atoms with van der Waals surface area (Å²) in [5, 5.41) is 8.74. The van der Waals surface area contributed by atoms with Gasteiger partial charge in [-0.25, -0.2) is 9.59 Å². The minimum Gasteiger partial charge on any atom is -0.494 e. The first-order valence-electron chi connectivity index (χ1n) is 19.9. The monoisotopic (exact) mass is 792 g/mol. The van der Waals surface area contributed by atoms with E-state index in [1.165, 1.54) is 18.2 Å². The van der Waals surface area contributed by atoms with Gasteiger partial charge in [0.2, 0.25) is 0 Å². The summed E-state index contributed by atoms with van der Waals surface area (Å²) >= 11 is 0. The highest BCUT2D eigenvalue weighted by Gasteiger charge is 2.19. The van der Waals surface area contributed by atoms with Crippen LogP contribution in [0.25, 0.3) is 11.1 Å². The fourth-order valence-electron chi connectivity index (χ4n) is 5.99. The minimum atomic E-state index is -0.611. The first-order valence-corrected chi connectivity index (χ1v) is 19.9. The number of carbonyl (C=O) groups is 2. The quantitative estimate of drug-likeness (QED) is 0.0306. The van der Waals surface area contributed by atoms with E-state index in [0.717, 1.165) is 60.4 Å². The maximum Gasteiger partial charge on any atom is 0.347 e. The number of benzene rings is 6. The molecule has 6 rings (SSSR count). The zero-order valence-corrected chi connectivity index (χ0v) is 33.4. The lowest BCUT2D eigenvalue weighted by molar-refractivity contribution is 0.0716. The van der Waals surface area contributed by atoms with Crippen LogP contribution >= 0.6 is 0 Å². The molecule has 10 heteroatoms. The second kappa shape index (κ2) is 22.1. The molecule has 6 aromatic carbocycles. The van der Waals surface area contributed by atoms with Crippen molar-refractivity contribution in [2.45, 2.75) is 46.0 Å². The second-order valence-corrected chi connectivity index (χ2v) is 13.4. The summed E-state index contributed by atoms with van der Waals surface area (Å²) in [7, 11) is 0. The second-order valence-electron chi connectivity index (χ2n) is 13.4. The van der Waals surface area contributed by atoms with E-state index in [0.29, 0.717) is 49.4 Å². The predicted molar refractivity (Wildman–Crippen MR) is 228 cm³/mol. The maximum absolute atomic E-state index is 13.3. The van der Waals surface area contributed by atoms with Crippen LogP contribution in [0.15, 0.2) is 156 Å². The molecular weight excluding hydrogens is 745 g/mol. The minimum absolute atomic E-state index is 0.193. The van der Waals surface area contributed by atoms with Crippen LogP contribution in [0.1, 0.15) is 66.7 Å². The Morgan fingerprint density at radius 1 is 0.441 bits per heavy atom. The molecule has 6 aromatic rings. The summed E-state index contributed by atoms with van der Waals surface area (Å²) in [5.41, 5.74) is 4.26. The number of rotatable bonds is 21. The van der Waals surface area contributed by atoms with Gasteiger partial charge in [0.15, 0.2) is 0 Å². The van der Waals surface area contributed by atoms with Gasteiger partial charge in [-0.1, -0.05) is 61.7 Å². The normalized spacial score (nSPS) is 10.9. The van der Waals surface area contributed by atoms with Gasteiger partial charge < -0.3 is 28.4 Å². The van der Waals surface area contributed by atoms with Crippen molar-refractivity contribution in [3.05, 3.63) is 157 Å². The number of nitrogens with zero attached hydrogens (tertiary/aromatic N) is 2. The van der Waals surface area contributed by atoms with Crippen molar-refractivity contribution in [2.75, 3.05) is 26.4 Å². The van der Waals surface area contributed by atoms with Crippen LogP contribution in [0.4, 0.5) is 11.4 Å². The highest BCUT2D eigenvalue weighted by Crippen LogP contribution is 2.28. The molecule has 0 fully saturated rings. The molecule has 0 saturated heterocycles. The van der Waals surface area contributed by atoms with Gasteiger partial charge in [-0.3, -0.25) is 0 Å². The number of esters is 2. The van der Waals surface area contributed by atoms with Crippen LogP contribution in [0.5, 0.6) is 34.5 Å². The Labute approximate surface area is 345 Å². The first kappa shape index (κ1) is 41.7. The molecule has 0 aliphatic rings. The van der Waals surface area contributed by atoms with Crippen molar-refractivity contribution in [1.29, 1.82) is 0 Å². The van der Waals surface area contributed by atoms with Gasteiger partial charge in [-0.15, -0.1) is 0 Å². The molecule has 0 aromatic heterocycles. The molecule has 0 spiro atoms. The van der Waals surface area contributed by atoms with E-state index in [1.54, 1.807) is 48.5 Å². The van der Waals surface area contributed by atoms with Crippen molar-refractivity contribution in [3.8, 4) is 45.6 Å². The SMILES string of the molecule is CCOc1ccc(OC(=O)c2ccc(C(=O)Oc3ccc(OCC)cc3)c(OCCCCCCCOc3ccc(N=Nc4ccc(-c5ccccc5)cc4)cc3)c2)cc1. The largest absolute Gasteiger partial charge is 0.494 e. The van der Waals surface area contributed by atoms with Crippen molar-refractivity contribution in [2.24, 2.45) is 10.2 Å². The number of unbranched alkanes of at least 4 members (excludes halogenated alkanes) is 4. The molecule has 0 saturated carbocycles. The highest BCUT2D eigenvalue weighted by atomic mass is 16.5. The van der Waals surface area contributed by atoms with Gasteiger partial charge in [-0.05, 0) is 141 Å². The van der Waals surface area contributed by atoms with Gasteiger partial charge >= 0.3 is 11.9 Å². The number of hydrogen-bond acceptors (Lipinski definition) is 10. The molecule has 0 aliphatic carbocycles. The molecule has 0 amide bonds. The van der Waals surface area contributed by atoms with E-state index in [1.807, 2.05) is 80.6 Å².